The molecular formula is C15H10ClN2S. The van der Waals surface area contributed by atoms with Crippen LogP contribution in [0.1, 0.15) is 5.56 Å². The van der Waals surface area contributed by atoms with Crippen molar-refractivity contribution in [2.45, 2.75) is 0 Å². The Morgan fingerprint density at radius 3 is 2.32 bits per heavy atom. The zero-order valence-corrected chi connectivity index (χ0v) is 11.5. The topological polar surface area (TPSA) is 17.3 Å². The number of benzene rings is 2. The van der Waals surface area contributed by atoms with Crippen molar-refractivity contribution in [2.24, 2.45) is 0 Å². The summed E-state index contributed by atoms with van der Waals surface area (Å²) in [5.74, 6) is 0. The minimum absolute atomic E-state index is 0.552. The molecule has 0 atom stereocenters. The van der Waals surface area contributed by atoms with Crippen molar-refractivity contribution < 1.29 is 0 Å². The fourth-order valence-electron chi connectivity index (χ4n) is 1.90. The van der Waals surface area contributed by atoms with Gasteiger partial charge in [-0.1, -0.05) is 41.9 Å². The third-order valence-corrected chi connectivity index (χ3v) is 3.39. The highest BCUT2D eigenvalue weighted by molar-refractivity contribution is 7.80. The Kier molecular flexibility index (Phi) is 3.23. The first-order valence-corrected chi connectivity index (χ1v) is 6.60. The maximum Gasteiger partial charge on any atom is 0.204 e. The zero-order chi connectivity index (χ0) is 13.2. The first-order chi connectivity index (χ1) is 9.24. The van der Waals surface area contributed by atoms with Crippen molar-refractivity contribution in [2.75, 3.05) is 4.90 Å². The average molecular weight is 286 g/mol. The normalized spacial score (nSPS) is 14.3. The van der Waals surface area contributed by atoms with Crippen molar-refractivity contribution >= 4 is 40.3 Å². The highest BCUT2D eigenvalue weighted by Gasteiger charge is 2.21. The van der Waals surface area contributed by atoms with E-state index < -0.39 is 0 Å². The maximum atomic E-state index is 5.89. The van der Waals surface area contributed by atoms with E-state index in [1.807, 2.05) is 65.7 Å². The van der Waals surface area contributed by atoms with E-state index in [1.165, 1.54) is 0 Å². The van der Waals surface area contributed by atoms with E-state index in [0.29, 0.717) is 10.1 Å². The second-order valence-corrected chi connectivity index (χ2v) is 4.92. The minimum atomic E-state index is 0.552. The fourth-order valence-corrected chi connectivity index (χ4v) is 2.28. The Morgan fingerprint density at radius 1 is 0.947 bits per heavy atom. The molecule has 1 aliphatic rings. The molecule has 0 N–H and O–H groups in total. The first kappa shape index (κ1) is 12.2. The lowest BCUT2D eigenvalue weighted by Crippen LogP contribution is -2.23. The molecule has 1 aliphatic heterocycles. The molecule has 2 nitrogen and oxygen atoms in total. The van der Waals surface area contributed by atoms with Gasteiger partial charge in [0, 0.05) is 22.5 Å². The van der Waals surface area contributed by atoms with Crippen molar-refractivity contribution in [3.63, 3.8) is 0 Å². The molecule has 1 radical (unpaired) electrons. The van der Waals surface area contributed by atoms with E-state index in [4.69, 9.17) is 23.8 Å². The van der Waals surface area contributed by atoms with Crippen LogP contribution in [0, 0.1) is 0 Å². The van der Waals surface area contributed by atoms with E-state index in [0.717, 1.165) is 16.9 Å². The Labute approximate surface area is 122 Å². The number of rotatable bonds is 2. The number of nitrogens with zero attached hydrogens (tertiary/aromatic N) is 2. The van der Waals surface area contributed by atoms with E-state index in [9.17, 15) is 0 Å². The molecule has 93 valence electrons. The van der Waals surface area contributed by atoms with Crippen LogP contribution in [0.2, 0.25) is 5.02 Å². The van der Waals surface area contributed by atoms with Crippen molar-refractivity contribution in [1.82, 2.24) is 5.32 Å². The third kappa shape index (κ3) is 2.48. The van der Waals surface area contributed by atoms with Crippen LogP contribution in [0.25, 0.3) is 5.70 Å². The van der Waals surface area contributed by atoms with Gasteiger partial charge in [0.05, 0.1) is 5.70 Å². The van der Waals surface area contributed by atoms with Crippen LogP contribution in [-0.4, -0.2) is 5.11 Å². The fraction of sp³-hybridized carbons (Fsp3) is 0. The first-order valence-electron chi connectivity index (χ1n) is 5.82. The second kappa shape index (κ2) is 5.03. The molecule has 2 aromatic carbocycles. The molecular weight excluding hydrogens is 276 g/mol. The van der Waals surface area contributed by atoms with E-state index in [2.05, 4.69) is 5.32 Å². The van der Waals surface area contributed by atoms with Gasteiger partial charge in [-0.3, -0.25) is 4.90 Å². The molecule has 3 rings (SSSR count). The van der Waals surface area contributed by atoms with Crippen molar-refractivity contribution in [3.05, 3.63) is 71.4 Å². The Bertz CT molecular complexity index is 635. The number of thiocarbonyl (C=S) groups is 1. The highest BCUT2D eigenvalue weighted by Crippen LogP contribution is 2.25. The van der Waals surface area contributed by atoms with Crippen LogP contribution in [0.4, 0.5) is 5.69 Å². The summed E-state index contributed by atoms with van der Waals surface area (Å²) >= 11 is 11.2. The molecule has 0 unspecified atom stereocenters. The lowest BCUT2D eigenvalue weighted by atomic mass is 10.2. The third-order valence-electron chi connectivity index (χ3n) is 2.85. The molecule has 0 amide bonds. The Hall–Kier alpha value is -1.84. The van der Waals surface area contributed by atoms with Gasteiger partial charge >= 0.3 is 0 Å². The summed E-state index contributed by atoms with van der Waals surface area (Å²) in [7, 11) is 0. The van der Waals surface area contributed by atoms with Gasteiger partial charge in [-0.25, -0.2) is 5.32 Å². The molecule has 0 saturated carbocycles. The largest absolute Gasteiger partial charge is 0.290 e. The molecule has 0 fully saturated rings. The number of halogens is 1. The van der Waals surface area contributed by atoms with Crippen molar-refractivity contribution in [3.8, 4) is 0 Å². The SMILES string of the molecule is S=C1[N]C(c2ccc(Cl)cc2)=CN1c1ccccc1. The molecule has 2 aromatic rings. The summed E-state index contributed by atoms with van der Waals surface area (Å²) < 4.78 is 0. The molecule has 0 bridgehead atoms. The summed E-state index contributed by atoms with van der Waals surface area (Å²) in [4.78, 5) is 1.90. The van der Waals surface area contributed by atoms with Crippen LogP contribution in [0.15, 0.2) is 60.8 Å². The highest BCUT2D eigenvalue weighted by atomic mass is 35.5. The summed E-state index contributed by atoms with van der Waals surface area (Å²) in [6.07, 6.45) is 1.95. The molecule has 19 heavy (non-hydrogen) atoms. The smallest absolute Gasteiger partial charge is 0.204 e. The molecule has 0 saturated heterocycles. The van der Waals surface area contributed by atoms with Gasteiger partial charge in [0.2, 0.25) is 5.11 Å². The number of hydrogen-bond acceptors (Lipinski definition) is 1. The summed E-state index contributed by atoms with van der Waals surface area (Å²) in [6.45, 7) is 0. The molecule has 1 heterocycles. The lowest BCUT2D eigenvalue weighted by molar-refractivity contribution is 1.30. The summed E-state index contributed by atoms with van der Waals surface area (Å²) in [6, 6.07) is 17.5. The maximum absolute atomic E-state index is 5.89. The molecule has 4 heteroatoms. The Balaban J connectivity index is 1.93. The summed E-state index contributed by atoms with van der Waals surface area (Å²) in [5, 5.41) is 5.69. The van der Waals surface area contributed by atoms with Gasteiger partial charge in [0.1, 0.15) is 0 Å². The van der Waals surface area contributed by atoms with Gasteiger partial charge in [-0.15, -0.1) is 0 Å². The Morgan fingerprint density at radius 2 is 1.63 bits per heavy atom. The van der Waals surface area contributed by atoms with Gasteiger partial charge in [0.15, 0.2) is 0 Å². The second-order valence-electron chi connectivity index (χ2n) is 4.12. The quantitative estimate of drug-likeness (QED) is 0.775. The van der Waals surface area contributed by atoms with Crippen LogP contribution in [-0.2, 0) is 0 Å². The lowest BCUT2D eigenvalue weighted by Gasteiger charge is -2.13. The van der Waals surface area contributed by atoms with Gasteiger partial charge in [-0.05, 0) is 36.5 Å². The molecule has 0 aliphatic carbocycles. The predicted octanol–water partition coefficient (Wildman–Crippen LogP) is 4.05. The van der Waals surface area contributed by atoms with Crippen LogP contribution < -0.4 is 10.2 Å². The van der Waals surface area contributed by atoms with Gasteiger partial charge in [-0.2, -0.15) is 0 Å². The number of hydrogen-bond donors (Lipinski definition) is 0. The van der Waals surface area contributed by atoms with E-state index in [1.54, 1.807) is 0 Å². The minimum Gasteiger partial charge on any atom is -0.290 e. The molecule has 0 aromatic heterocycles. The van der Waals surface area contributed by atoms with E-state index in [-0.39, 0.29) is 0 Å². The summed E-state index contributed by atoms with van der Waals surface area (Å²) in [5.41, 5.74) is 2.87. The predicted molar refractivity (Wildman–Crippen MR) is 83.1 cm³/mol. The van der Waals surface area contributed by atoms with Gasteiger partial charge < -0.3 is 0 Å². The van der Waals surface area contributed by atoms with Crippen LogP contribution in [0.5, 0.6) is 0 Å². The van der Waals surface area contributed by atoms with Crippen molar-refractivity contribution in [1.29, 1.82) is 0 Å². The number of para-hydroxylation sites is 1. The number of anilines is 1. The van der Waals surface area contributed by atoms with Gasteiger partial charge in [0.25, 0.3) is 0 Å². The average Bonchev–Trinajstić information content (AvgIpc) is 2.83. The van der Waals surface area contributed by atoms with Crippen LogP contribution >= 0.6 is 23.8 Å². The standard InChI is InChI=1S/C15H10ClN2S/c16-12-8-6-11(7-9-12)14-10-18(15(19)17-14)13-4-2-1-3-5-13/h1-10H. The van der Waals surface area contributed by atoms with Crippen LogP contribution in [0.3, 0.4) is 0 Å². The zero-order valence-electron chi connectivity index (χ0n) is 9.95. The monoisotopic (exact) mass is 285 g/mol. The molecule has 0 spiro atoms. The van der Waals surface area contributed by atoms with E-state index >= 15 is 0 Å².